The molecule has 0 bridgehead atoms. The van der Waals surface area contributed by atoms with Crippen molar-refractivity contribution in [2.45, 2.75) is 19.9 Å². The summed E-state index contributed by atoms with van der Waals surface area (Å²) in [5.41, 5.74) is 1.31. The smallest absolute Gasteiger partial charge is 0.338 e. The third-order valence-corrected chi connectivity index (χ3v) is 4.62. The van der Waals surface area contributed by atoms with Gasteiger partial charge in [-0.05, 0) is 48.1 Å². The molecule has 4 nitrogen and oxygen atoms in total. The average Bonchev–Trinajstić information content (AvgIpc) is 2.75. The fourth-order valence-electron chi connectivity index (χ4n) is 1.87. The van der Waals surface area contributed by atoms with Crippen LogP contribution in [0.4, 0.5) is 0 Å². The zero-order valence-corrected chi connectivity index (χ0v) is 13.7. The first-order valence-corrected chi connectivity index (χ1v) is 7.80. The number of rotatable bonds is 3. The molecule has 2 heterocycles. The van der Waals surface area contributed by atoms with Gasteiger partial charge in [-0.25, -0.2) is 4.79 Å². The second kappa shape index (κ2) is 6.02. The molecule has 19 heavy (non-hydrogen) atoms. The molecule has 0 unspecified atom stereocenters. The number of carbonyl (C=O) groups excluding carboxylic acids is 1. The molecule has 0 aliphatic carbocycles. The Bertz CT molecular complexity index is 554. The summed E-state index contributed by atoms with van der Waals surface area (Å²) in [7, 11) is 0. The van der Waals surface area contributed by atoms with Crippen LogP contribution in [-0.4, -0.2) is 17.7 Å². The standard InChI is InChI=1S/C12H13BrN2O2S2/c1-3-17-11(16)9-6(2)14-12(18)15-10(9)8-4-7(13)5-19-8/h4-5,10H,3H2,1-2H3,(H2,14,15,18)/t10-/m0/s1. The molecule has 1 aliphatic rings. The molecule has 2 N–H and O–H groups in total. The predicted molar refractivity (Wildman–Crippen MR) is 83.0 cm³/mol. The molecular formula is C12H13BrN2O2S2. The minimum atomic E-state index is -0.322. The summed E-state index contributed by atoms with van der Waals surface area (Å²) >= 11 is 10.1. The number of thiophene rings is 1. The summed E-state index contributed by atoms with van der Waals surface area (Å²) in [5.74, 6) is -0.322. The maximum Gasteiger partial charge on any atom is 0.338 e. The van der Waals surface area contributed by atoms with Crippen LogP contribution in [0.15, 0.2) is 27.2 Å². The number of esters is 1. The highest BCUT2D eigenvalue weighted by Gasteiger charge is 2.31. The maximum absolute atomic E-state index is 12.1. The van der Waals surface area contributed by atoms with Gasteiger partial charge in [0.25, 0.3) is 0 Å². The largest absolute Gasteiger partial charge is 0.463 e. The highest BCUT2D eigenvalue weighted by Crippen LogP contribution is 2.33. The third kappa shape index (κ3) is 3.16. The molecule has 0 fully saturated rings. The molecule has 0 saturated heterocycles. The van der Waals surface area contributed by atoms with Crippen LogP contribution < -0.4 is 10.6 Å². The number of hydrogen-bond donors (Lipinski definition) is 2. The van der Waals surface area contributed by atoms with Gasteiger partial charge in [-0.15, -0.1) is 11.3 Å². The Balaban J connectivity index is 2.40. The highest BCUT2D eigenvalue weighted by atomic mass is 79.9. The van der Waals surface area contributed by atoms with Gasteiger partial charge in [0.05, 0.1) is 18.2 Å². The second-order valence-electron chi connectivity index (χ2n) is 3.96. The second-order valence-corrected chi connectivity index (χ2v) is 6.22. The van der Waals surface area contributed by atoms with Crippen LogP contribution in [0.25, 0.3) is 0 Å². The normalized spacial score (nSPS) is 18.9. The average molecular weight is 361 g/mol. The molecule has 0 amide bonds. The number of nitrogens with one attached hydrogen (secondary N) is 2. The highest BCUT2D eigenvalue weighted by molar-refractivity contribution is 9.10. The predicted octanol–water partition coefficient (Wildman–Crippen LogP) is 2.87. The number of hydrogen-bond acceptors (Lipinski definition) is 4. The molecule has 102 valence electrons. The van der Waals surface area contributed by atoms with Gasteiger partial charge in [0.15, 0.2) is 5.11 Å². The number of thiocarbonyl (C=S) groups is 1. The first-order chi connectivity index (χ1) is 9.02. The van der Waals surface area contributed by atoms with Crippen LogP contribution in [0, 0.1) is 0 Å². The van der Waals surface area contributed by atoms with Gasteiger partial charge >= 0.3 is 5.97 Å². The van der Waals surface area contributed by atoms with Crippen molar-refractivity contribution in [1.29, 1.82) is 0 Å². The van der Waals surface area contributed by atoms with Gasteiger partial charge in [0.2, 0.25) is 0 Å². The van der Waals surface area contributed by atoms with Crippen LogP contribution >= 0.6 is 39.5 Å². The Kier molecular flexibility index (Phi) is 4.59. The van der Waals surface area contributed by atoms with E-state index in [1.165, 1.54) is 0 Å². The lowest BCUT2D eigenvalue weighted by molar-refractivity contribution is -0.139. The summed E-state index contributed by atoms with van der Waals surface area (Å²) in [6, 6.07) is 1.71. The molecule has 1 aliphatic heterocycles. The number of allylic oxidation sites excluding steroid dienone is 1. The van der Waals surface area contributed by atoms with E-state index >= 15 is 0 Å². The molecule has 1 aromatic heterocycles. The van der Waals surface area contributed by atoms with Crippen molar-refractivity contribution in [3.05, 3.63) is 32.1 Å². The fraction of sp³-hybridized carbons (Fsp3) is 0.333. The maximum atomic E-state index is 12.1. The fourth-order valence-corrected chi connectivity index (χ4v) is 3.64. The van der Waals surface area contributed by atoms with Gasteiger partial charge < -0.3 is 15.4 Å². The SMILES string of the molecule is CCOC(=O)C1=C(C)NC(=S)N[C@H]1c1cc(Br)cs1. The lowest BCUT2D eigenvalue weighted by atomic mass is 10.0. The molecule has 2 rings (SSSR count). The molecular weight excluding hydrogens is 348 g/mol. The van der Waals surface area contributed by atoms with Crippen LogP contribution in [0.5, 0.6) is 0 Å². The van der Waals surface area contributed by atoms with Crippen LogP contribution in [0.1, 0.15) is 24.8 Å². The monoisotopic (exact) mass is 360 g/mol. The summed E-state index contributed by atoms with van der Waals surface area (Å²) in [4.78, 5) is 13.1. The minimum Gasteiger partial charge on any atom is -0.463 e. The zero-order valence-electron chi connectivity index (χ0n) is 10.5. The quantitative estimate of drug-likeness (QED) is 0.641. The van der Waals surface area contributed by atoms with Gasteiger partial charge in [-0.1, -0.05) is 0 Å². The molecule has 0 spiro atoms. The topological polar surface area (TPSA) is 50.4 Å². The lowest BCUT2D eigenvalue weighted by Gasteiger charge is -2.28. The van der Waals surface area contributed by atoms with Crippen molar-refractivity contribution in [1.82, 2.24) is 10.6 Å². The molecule has 0 saturated carbocycles. The van der Waals surface area contributed by atoms with Crippen LogP contribution in [-0.2, 0) is 9.53 Å². The Morgan fingerprint density at radius 1 is 1.63 bits per heavy atom. The van der Waals surface area contributed by atoms with Crippen molar-refractivity contribution in [2.24, 2.45) is 0 Å². The molecule has 1 atom stereocenters. The van der Waals surface area contributed by atoms with Crippen molar-refractivity contribution in [2.75, 3.05) is 6.61 Å². The van der Waals surface area contributed by atoms with E-state index in [0.717, 1.165) is 15.0 Å². The van der Waals surface area contributed by atoms with Crippen molar-refractivity contribution >= 4 is 50.6 Å². The van der Waals surface area contributed by atoms with Crippen molar-refractivity contribution < 1.29 is 9.53 Å². The molecule has 7 heteroatoms. The van der Waals surface area contributed by atoms with Gasteiger partial charge in [-0.3, -0.25) is 0 Å². The number of carbonyl (C=O) groups is 1. The van der Waals surface area contributed by atoms with E-state index < -0.39 is 0 Å². The van der Waals surface area contributed by atoms with Gasteiger partial charge in [0, 0.05) is 20.4 Å². The Labute approximate surface area is 129 Å². The Morgan fingerprint density at radius 3 is 2.95 bits per heavy atom. The molecule has 0 aromatic carbocycles. The van der Waals surface area contributed by atoms with Crippen molar-refractivity contribution in [3.63, 3.8) is 0 Å². The lowest BCUT2D eigenvalue weighted by Crippen LogP contribution is -2.44. The van der Waals surface area contributed by atoms with Gasteiger partial charge in [0.1, 0.15) is 0 Å². The summed E-state index contributed by atoms with van der Waals surface area (Å²) in [6.45, 7) is 3.97. The summed E-state index contributed by atoms with van der Waals surface area (Å²) in [6.07, 6.45) is 0. The van der Waals surface area contributed by atoms with E-state index in [1.54, 1.807) is 18.3 Å². The first-order valence-electron chi connectivity index (χ1n) is 5.72. The van der Waals surface area contributed by atoms with Crippen LogP contribution in [0.3, 0.4) is 0 Å². The first kappa shape index (κ1) is 14.5. The van der Waals surface area contributed by atoms with Crippen LogP contribution in [0.2, 0.25) is 0 Å². The van der Waals surface area contributed by atoms with Gasteiger partial charge in [-0.2, -0.15) is 0 Å². The van der Waals surface area contributed by atoms with E-state index in [0.29, 0.717) is 17.3 Å². The molecule has 0 radical (unpaired) electrons. The number of ether oxygens (including phenoxy) is 1. The zero-order chi connectivity index (χ0) is 14.0. The number of halogens is 1. The van der Waals surface area contributed by atoms with Crippen molar-refractivity contribution in [3.8, 4) is 0 Å². The van der Waals surface area contributed by atoms with E-state index in [-0.39, 0.29) is 12.0 Å². The summed E-state index contributed by atoms with van der Waals surface area (Å²) in [5, 5.41) is 8.57. The Morgan fingerprint density at radius 2 is 2.37 bits per heavy atom. The summed E-state index contributed by atoms with van der Waals surface area (Å²) < 4.78 is 6.10. The minimum absolute atomic E-state index is 0.260. The van der Waals surface area contributed by atoms with E-state index in [4.69, 9.17) is 17.0 Å². The third-order valence-electron chi connectivity index (χ3n) is 2.64. The van der Waals surface area contributed by atoms with E-state index in [9.17, 15) is 4.79 Å². The van der Waals surface area contributed by atoms with E-state index in [1.807, 2.05) is 18.4 Å². The molecule has 1 aromatic rings. The Hall–Kier alpha value is -0.920. The van der Waals surface area contributed by atoms with E-state index in [2.05, 4.69) is 26.6 Å².